The van der Waals surface area contributed by atoms with E-state index in [0.29, 0.717) is 47.4 Å². The molecule has 0 aliphatic heterocycles. The quantitative estimate of drug-likeness (QED) is 0.108. The lowest BCUT2D eigenvalue weighted by Gasteiger charge is -2.28. The number of halogens is 7. The van der Waals surface area contributed by atoms with Gasteiger partial charge < -0.3 is 25.9 Å². The maximum Gasteiger partial charge on any atom is 0.434 e. The standard InChI is InChI=1S/C19H18ClF3N6.C15H16F3N3/c20-18-26-9-14(24)16(28-18)25-8-11-4-6-12(7-5-11)17-27-15(19(21,22)23)10-29(17)13-2-1-3-13;16-15(17,18)13-9-21(12-2-1-3-12)14(20-13)11-6-4-10(8-19)5-7-11/h4-7,9-10,13H,1-3,8,24H2,(H,25,26,28);4-7,9,12H,1-3,8,19H2. The molecule has 2 saturated carbocycles. The number of rotatable bonds is 8. The highest BCUT2D eigenvalue weighted by Crippen LogP contribution is 2.40. The summed E-state index contributed by atoms with van der Waals surface area (Å²) in [5.74, 6) is 1.15. The Balaban J connectivity index is 0.000000182. The molecular weight excluding hydrogens is 684 g/mol. The van der Waals surface area contributed by atoms with E-state index in [9.17, 15) is 26.3 Å². The third-order valence-corrected chi connectivity index (χ3v) is 9.07. The van der Waals surface area contributed by atoms with Crippen LogP contribution in [0.2, 0.25) is 5.28 Å². The first kappa shape index (κ1) is 35.2. The molecule has 0 bridgehead atoms. The Morgan fingerprint density at radius 1 is 0.720 bits per heavy atom. The zero-order valence-electron chi connectivity index (χ0n) is 26.6. The van der Waals surface area contributed by atoms with Crippen LogP contribution in [0, 0.1) is 0 Å². The molecule has 3 aromatic heterocycles. The molecule has 3 heterocycles. The minimum absolute atomic E-state index is 0.0698. The summed E-state index contributed by atoms with van der Waals surface area (Å²) in [5.41, 5.74) is 13.2. The minimum atomic E-state index is -4.47. The van der Waals surface area contributed by atoms with Gasteiger partial charge in [0, 0.05) is 48.7 Å². The Morgan fingerprint density at radius 2 is 1.18 bits per heavy atom. The summed E-state index contributed by atoms with van der Waals surface area (Å²) in [4.78, 5) is 15.5. The maximum atomic E-state index is 13.2. The van der Waals surface area contributed by atoms with E-state index in [-0.39, 0.29) is 17.4 Å². The summed E-state index contributed by atoms with van der Waals surface area (Å²) in [5, 5.41) is 3.15. The van der Waals surface area contributed by atoms with Crippen molar-refractivity contribution in [2.24, 2.45) is 5.73 Å². The van der Waals surface area contributed by atoms with E-state index in [1.165, 1.54) is 6.20 Å². The van der Waals surface area contributed by atoms with Crippen LogP contribution in [0.1, 0.15) is 73.1 Å². The number of nitrogens with two attached hydrogens (primary N) is 2. The lowest BCUT2D eigenvalue weighted by Crippen LogP contribution is -2.17. The zero-order chi connectivity index (χ0) is 35.6. The van der Waals surface area contributed by atoms with Gasteiger partial charge in [0.1, 0.15) is 11.6 Å². The number of nitrogens with zero attached hydrogens (tertiary/aromatic N) is 6. The summed E-state index contributed by atoms with van der Waals surface area (Å²) in [6.07, 6.45) is 0.402. The van der Waals surface area contributed by atoms with Gasteiger partial charge in [-0.1, -0.05) is 48.5 Å². The molecule has 2 aromatic carbocycles. The monoisotopic (exact) mass is 717 g/mol. The van der Waals surface area contributed by atoms with Crippen LogP contribution < -0.4 is 16.8 Å². The number of benzene rings is 2. The molecule has 5 N–H and O–H groups in total. The zero-order valence-corrected chi connectivity index (χ0v) is 27.4. The third kappa shape index (κ3) is 7.88. The molecule has 16 heteroatoms. The second-order valence-electron chi connectivity index (χ2n) is 12.3. The Kier molecular flexibility index (Phi) is 10.1. The first-order chi connectivity index (χ1) is 23.8. The van der Waals surface area contributed by atoms with Crippen LogP contribution in [-0.4, -0.2) is 29.1 Å². The lowest BCUT2D eigenvalue weighted by molar-refractivity contribution is -0.141. The van der Waals surface area contributed by atoms with Crippen LogP contribution in [0.25, 0.3) is 22.8 Å². The number of nitrogen functional groups attached to an aromatic ring is 1. The SMILES string of the molecule is NCc1ccc(-c2nc(C(F)(F)F)cn2C2CCC2)cc1.Nc1cnc(Cl)nc1NCc1ccc(-c2nc(C(F)(F)F)cn2C2CCC2)cc1. The highest BCUT2D eigenvalue weighted by Gasteiger charge is 2.37. The van der Waals surface area contributed by atoms with Crippen molar-refractivity contribution >= 4 is 23.1 Å². The molecule has 2 aliphatic carbocycles. The summed E-state index contributed by atoms with van der Waals surface area (Å²) < 4.78 is 81.5. The molecular formula is C34H34ClF6N9. The Hall–Kier alpha value is -4.63. The van der Waals surface area contributed by atoms with Gasteiger partial charge in [0.05, 0.1) is 11.9 Å². The van der Waals surface area contributed by atoms with E-state index in [0.717, 1.165) is 62.0 Å². The normalized spacial score (nSPS) is 15.2. The molecule has 50 heavy (non-hydrogen) atoms. The van der Waals surface area contributed by atoms with Crippen molar-refractivity contribution in [3.8, 4) is 22.8 Å². The first-order valence-corrected chi connectivity index (χ1v) is 16.4. The van der Waals surface area contributed by atoms with Gasteiger partial charge in [-0.2, -0.15) is 31.3 Å². The predicted octanol–water partition coefficient (Wildman–Crippen LogP) is 8.68. The van der Waals surface area contributed by atoms with Gasteiger partial charge >= 0.3 is 12.4 Å². The smallest absolute Gasteiger partial charge is 0.394 e. The van der Waals surface area contributed by atoms with Crippen molar-refractivity contribution < 1.29 is 26.3 Å². The van der Waals surface area contributed by atoms with Crippen LogP contribution in [0.4, 0.5) is 37.8 Å². The van der Waals surface area contributed by atoms with Crippen molar-refractivity contribution in [2.45, 2.75) is 76.1 Å². The number of aromatic nitrogens is 6. The van der Waals surface area contributed by atoms with Gasteiger partial charge in [-0.25, -0.2) is 15.0 Å². The molecule has 9 nitrogen and oxygen atoms in total. The second-order valence-corrected chi connectivity index (χ2v) is 12.6. The van der Waals surface area contributed by atoms with Crippen molar-refractivity contribution in [3.05, 3.63) is 94.9 Å². The van der Waals surface area contributed by atoms with Gasteiger partial charge in [-0.3, -0.25) is 0 Å². The van der Waals surface area contributed by atoms with E-state index in [1.807, 2.05) is 24.3 Å². The fourth-order valence-electron chi connectivity index (χ4n) is 5.63. The van der Waals surface area contributed by atoms with Crippen LogP contribution in [-0.2, 0) is 25.4 Å². The lowest BCUT2D eigenvalue weighted by atomic mass is 9.92. The van der Waals surface area contributed by atoms with E-state index in [4.69, 9.17) is 23.1 Å². The van der Waals surface area contributed by atoms with E-state index >= 15 is 0 Å². The molecule has 0 spiro atoms. The van der Waals surface area contributed by atoms with E-state index < -0.39 is 23.7 Å². The number of alkyl halides is 6. The summed E-state index contributed by atoms with van der Waals surface area (Å²) in [6.45, 7) is 0.827. The molecule has 0 atom stereocenters. The molecule has 0 amide bonds. The highest BCUT2D eigenvalue weighted by atomic mass is 35.5. The number of nitrogens with one attached hydrogen (secondary N) is 1. The molecule has 5 aromatic rings. The van der Waals surface area contributed by atoms with Crippen LogP contribution in [0.5, 0.6) is 0 Å². The number of hydrogen-bond donors (Lipinski definition) is 3. The summed E-state index contributed by atoms with van der Waals surface area (Å²) in [6, 6.07) is 14.6. The summed E-state index contributed by atoms with van der Waals surface area (Å²) in [7, 11) is 0. The van der Waals surface area contributed by atoms with Crippen molar-refractivity contribution in [1.29, 1.82) is 0 Å². The molecule has 264 valence electrons. The first-order valence-electron chi connectivity index (χ1n) is 16.0. The van der Waals surface area contributed by atoms with Crippen molar-refractivity contribution in [1.82, 2.24) is 29.1 Å². The molecule has 0 radical (unpaired) electrons. The fraction of sp³-hybridized carbons (Fsp3) is 0.353. The third-order valence-electron chi connectivity index (χ3n) is 8.89. The van der Waals surface area contributed by atoms with Crippen LogP contribution in [0.3, 0.4) is 0 Å². The second kappa shape index (κ2) is 14.3. The minimum Gasteiger partial charge on any atom is -0.394 e. The average molecular weight is 718 g/mol. The summed E-state index contributed by atoms with van der Waals surface area (Å²) >= 11 is 5.77. The van der Waals surface area contributed by atoms with Gasteiger partial charge in [0.25, 0.3) is 0 Å². The predicted molar refractivity (Wildman–Crippen MR) is 178 cm³/mol. The number of imidazole rings is 2. The van der Waals surface area contributed by atoms with Gasteiger partial charge in [-0.05, 0) is 61.3 Å². The topological polar surface area (TPSA) is 125 Å². The van der Waals surface area contributed by atoms with Gasteiger partial charge in [-0.15, -0.1) is 0 Å². The number of hydrogen-bond acceptors (Lipinski definition) is 7. The maximum absolute atomic E-state index is 13.2. The molecule has 0 unspecified atom stereocenters. The Morgan fingerprint density at radius 3 is 1.58 bits per heavy atom. The van der Waals surface area contributed by atoms with Crippen molar-refractivity contribution in [3.63, 3.8) is 0 Å². The van der Waals surface area contributed by atoms with Crippen molar-refractivity contribution in [2.75, 3.05) is 11.1 Å². The molecule has 2 aliphatic rings. The fourth-order valence-corrected chi connectivity index (χ4v) is 5.77. The van der Waals surface area contributed by atoms with Crippen LogP contribution in [0.15, 0.2) is 67.1 Å². The van der Waals surface area contributed by atoms with Gasteiger partial charge in [0.15, 0.2) is 17.2 Å². The number of anilines is 2. The largest absolute Gasteiger partial charge is 0.434 e. The highest BCUT2D eigenvalue weighted by molar-refractivity contribution is 6.28. The van der Waals surface area contributed by atoms with E-state index in [1.54, 1.807) is 33.4 Å². The van der Waals surface area contributed by atoms with E-state index in [2.05, 4.69) is 25.3 Å². The molecule has 2 fully saturated rings. The molecule has 0 saturated heterocycles. The average Bonchev–Trinajstić information content (AvgIpc) is 3.67. The Labute approximate surface area is 288 Å². The van der Waals surface area contributed by atoms with Crippen LogP contribution >= 0.6 is 11.6 Å². The molecule has 7 rings (SSSR count). The van der Waals surface area contributed by atoms with Gasteiger partial charge in [0.2, 0.25) is 5.28 Å². The Bertz CT molecular complexity index is 1910.